The predicted octanol–water partition coefficient (Wildman–Crippen LogP) is 0.586. The van der Waals surface area contributed by atoms with Crippen LogP contribution in [0, 0.1) is 0 Å². The van der Waals surface area contributed by atoms with Crippen molar-refractivity contribution in [2.45, 2.75) is 0 Å². The summed E-state index contributed by atoms with van der Waals surface area (Å²) in [4.78, 5) is 2.27. The van der Waals surface area contributed by atoms with Gasteiger partial charge < -0.3 is 28.4 Å². The van der Waals surface area contributed by atoms with Crippen LogP contribution in [0.15, 0.2) is 0 Å². The Bertz CT molecular complexity index is 187. The Morgan fingerprint density at radius 3 is 1.08 bits per heavy atom. The summed E-state index contributed by atoms with van der Waals surface area (Å²) in [6.45, 7) is 8.34. The van der Waals surface area contributed by atoms with Gasteiger partial charge in [0, 0.05) is 41.0 Å². The van der Waals surface area contributed by atoms with Crippen LogP contribution in [0.3, 0.4) is 0 Å². The first kappa shape index (κ1) is 26.8. The van der Waals surface area contributed by atoms with Gasteiger partial charge in [-0.25, -0.2) is 0 Å². The van der Waals surface area contributed by atoms with Crippen LogP contribution in [0.2, 0.25) is 0 Å². The third-order valence-electron chi connectivity index (χ3n) is 2.95. The number of ether oxygens (including phenoxy) is 6. The molecule has 0 N–H and O–H groups in total. The van der Waals surface area contributed by atoms with Crippen LogP contribution in [0.5, 0.6) is 0 Å². The van der Waals surface area contributed by atoms with E-state index in [2.05, 4.69) is 14.7 Å². The molecule has 9 heteroatoms. The molecule has 0 aliphatic rings. The van der Waals surface area contributed by atoms with Gasteiger partial charge in [0.05, 0.1) is 59.5 Å². The molecule has 0 amide bonds. The minimum absolute atomic E-state index is 0.624. The maximum absolute atomic E-state index is 5.51. The Morgan fingerprint density at radius 2 is 0.833 bits per heavy atom. The summed E-state index contributed by atoms with van der Waals surface area (Å²) in [6, 6.07) is 0. The van der Waals surface area contributed by atoms with Gasteiger partial charge in [0.25, 0.3) is 0 Å². The molecule has 142 valence electrons. The normalized spacial score (nSPS) is 10.8. The summed E-state index contributed by atoms with van der Waals surface area (Å²) in [6.07, 6.45) is 0. The monoisotopic (exact) mass is 365 g/mol. The first-order valence-electron chi connectivity index (χ1n) is 8.15. The fourth-order valence-corrected chi connectivity index (χ4v) is 1.65. The van der Waals surface area contributed by atoms with Crippen molar-refractivity contribution in [3.63, 3.8) is 0 Å². The third kappa shape index (κ3) is 22.6. The van der Waals surface area contributed by atoms with Crippen LogP contribution < -0.4 is 0 Å². The number of methoxy groups -OCH3 is 3. The minimum atomic E-state index is 0.624. The number of rotatable bonds is 18. The predicted molar refractivity (Wildman–Crippen MR) is 96.1 cm³/mol. The van der Waals surface area contributed by atoms with Gasteiger partial charge >= 0.3 is 26.5 Å². The summed E-state index contributed by atoms with van der Waals surface area (Å²) in [5.41, 5.74) is 0. The Morgan fingerprint density at radius 1 is 0.542 bits per heavy atom. The van der Waals surface area contributed by atoms with Gasteiger partial charge in [0.1, 0.15) is 0 Å². The summed E-state index contributed by atoms with van der Waals surface area (Å²) in [7, 11) is 9.65. The molecule has 0 unspecified atom stereocenters. The average Bonchev–Trinajstić information content (AvgIpc) is 2.62. The van der Waals surface area contributed by atoms with Crippen LogP contribution in [-0.2, 0) is 28.4 Å². The van der Waals surface area contributed by atoms with Crippen molar-refractivity contribution in [3.05, 3.63) is 0 Å². The van der Waals surface area contributed by atoms with Gasteiger partial charge in [-0.1, -0.05) is 0 Å². The maximum atomic E-state index is 5.51. The molecule has 0 spiro atoms. The zero-order valence-electron chi connectivity index (χ0n) is 15.8. The molecule has 0 aromatic heterocycles. The topological polar surface area (TPSA) is 58.6 Å². The molecule has 0 bridgehead atoms. The molecular formula is C15H33ClLiNO6. The van der Waals surface area contributed by atoms with Gasteiger partial charge in [0.2, 0.25) is 0 Å². The van der Waals surface area contributed by atoms with Crippen LogP contribution in [0.4, 0.5) is 0 Å². The van der Waals surface area contributed by atoms with E-state index in [-0.39, 0.29) is 0 Å². The van der Waals surface area contributed by atoms with Crippen molar-refractivity contribution in [1.29, 1.82) is 0 Å². The van der Waals surface area contributed by atoms with E-state index in [1.54, 1.807) is 21.3 Å². The molecule has 0 aromatic carbocycles. The van der Waals surface area contributed by atoms with Crippen LogP contribution in [0.1, 0.15) is 0 Å². The third-order valence-corrected chi connectivity index (χ3v) is 2.95. The van der Waals surface area contributed by atoms with E-state index in [4.69, 9.17) is 28.4 Å². The molecule has 7 nitrogen and oxygen atoms in total. The Balaban J connectivity index is 0. The van der Waals surface area contributed by atoms with Gasteiger partial charge in [-0.05, 0) is 0 Å². The van der Waals surface area contributed by atoms with Gasteiger partial charge in [0.15, 0.2) is 0 Å². The zero-order chi connectivity index (χ0) is 18.3. The van der Waals surface area contributed by atoms with Gasteiger partial charge in [-0.3, -0.25) is 4.90 Å². The van der Waals surface area contributed by atoms with E-state index < -0.39 is 0 Å². The molecule has 0 radical (unpaired) electrons. The van der Waals surface area contributed by atoms with Crippen LogP contribution >= 0.6 is 9.80 Å². The molecule has 0 saturated carbocycles. The molecule has 0 fully saturated rings. The Kier molecular flexibility index (Phi) is 28.9. The van der Waals surface area contributed by atoms with Gasteiger partial charge in [-0.2, -0.15) is 0 Å². The standard InChI is InChI=1S/C15H33NO6.ClH.Li/c1-17-10-13-20-7-4-16(5-8-21-14-11-18-2)6-9-22-15-12-19-3;;/h4-15H2,1-3H3;1H;/q;;+1/p-1. The van der Waals surface area contributed by atoms with E-state index in [0.717, 1.165) is 19.6 Å². The van der Waals surface area contributed by atoms with E-state index in [1.807, 2.05) is 0 Å². The van der Waals surface area contributed by atoms with Crippen molar-refractivity contribution in [2.24, 2.45) is 0 Å². The van der Waals surface area contributed by atoms with Crippen LogP contribution in [0.25, 0.3) is 0 Å². The number of hydrogen-bond donors (Lipinski definition) is 0. The van der Waals surface area contributed by atoms with Crippen molar-refractivity contribution in [1.82, 2.24) is 4.90 Å². The first-order valence-corrected chi connectivity index (χ1v) is 8.91. The summed E-state index contributed by atoms with van der Waals surface area (Å²) in [5.74, 6) is 0. The second-order valence-corrected chi connectivity index (χ2v) is 4.66. The van der Waals surface area contributed by atoms with Crippen LogP contribution in [-0.4, -0.2) is 122 Å². The Labute approximate surface area is 160 Å². The number of halogens is 1. The van der Waals surface area contributed by atoms with Crippen molar-refractivity contribution < 1.29 is 28.4 Å². The molecule has 0 rings (SSSR count). The molecule has 24 heavy (non-hydrogen) atoms. The molecule has 0 aliphatic carbocycles. The SMILES string of the molecule is COCCOCCN(CCOCCOC)CCOCCOC.[Li][Cl]. The second-order valence-electron chi connectivity index (χ2n) is 4.66. The number of nitrogens with zero attached hydrogens (tertiary/aromatic N) is 1. The Hall–Kier alpha value is 0.607. The van der Waals surface area contributed by atoms with Crippen molar-refractivity contribution in [3.8, 4) is 0 Å². The van der Waals surface area contributed by atoms with E-state index in [1.165, 1.54) is 16.7 Å². The molecule has 0 atom stereocenters. The molecule has 0 heterocycles. The van der Waals surface area contributed by atoms with Crippen molar-refractivity contribution >= 4 is 26.5 Å². The molecular weight excluding hydrogens is 333 g/mol. The van der Waals surface area contributed by atoms with E-state index in [0.29, 0.717) is 59.5 Å². The summed E-state index contributed by atoms with van der Waals surface area (Å²) >= 11 is 1.47. The van der Waals surface area contributed by atoms with E-state index in [9.17, 15) is 0 Å². The summed E-state index contributed by atoms with van der Waals surface area (Å²) < 4.78 is 31.4. The second kappa shape index (κ2) is 25.8. The van der Waals surface area contributed by atoms with Crippen molar-refractivity contribution in [2.75, 3.05) is 100 Å². The first-order chi connectivity index (χ1) is 11.8. The fourth-order valence-electron chi connectivity index (χ4n) is 1.65. The van der Waals surface area contributed by atoms with Gasteiger partial charge in [-0.15, -0.1) is 0 Å². The molecule has 0 saturated heterocycles. The average molecular weight is 366 g/mol. The zero-order valence-corrected chi connectivity index (χ0v) is 16.5. The quantitative estimate of drug-likeness (QED) is 0.260. The number of hydrogen-bond acceptors (Lipinski definition) is 7. The molecule has 0 aliphatic heterocycles. The summed E-state index contributed by atoms with van der Waals surface area (Å²) in [5, 5.41) is 0. The molecule has 0 aromatic rings. The van der Waals surface area contributed by atoms with E-state index >= 15 is 0 Å². The fraction of sp³-hybridized carbons (Fsp3) is 1.00.